The molecular formula is C16H24N2O3. The number of likely N-dealkylation sites (tertiary alicyclic amines) is 1. The number of amides is 2. The van der Waals surface area contributed by atoms with Crippen LogP contribution in [0.4, 0.5) is 0 Å². The Balaban J connectivity index is 2.00. The number of hydrogen-bond acceptors (Lipinski definition) is 4. The molecule has 1 aromatic heterocycles. The Labute approximate surface area is 125 Å². The second-order valence-corrected chi connectivity index (χ2v) is 6.81. The normalized spacial score (nSPS) is 23.2. The van der Waals surface area contributed by atoms with Crippen molar-refractivity contribution in [1.82, 2.24) is 10.2 Å². The van der Waals surface area contributed by atoms with Gasteiger partial charge in [0.2, 0.25) is 11.8 Å². The number of rotatable bonds is 4. The summed E-state index contributed by atoms with van der Waals surface area (Å²) in [4.78, 5) is 25.4. The van der Waals surface area contributed by atoms with E-state index in [0.717, 1.165) is 5.76 Å². The van der Waals surface area contributed by atoms with Gasteiger partial charge in [-0.15, -0.1) is 0 Å². The van der Waals surface area contributed by atoms with Gasteiger partial charge in [0.15, 0.2) is 0 Å². The Morgan fingerprint density at radius 1 is 1.10 bits per heavy atom. The molecule has 116 valence electrons. The maximum Gasteiger partial charge on any atom is 0.233 e. The van der Waals surface area contributed by atoms with Crippen molar-refractivity contribution in [3.05, 3.63) is 23.7 Å². The summed E-state index contributed by atoms with van der Waals surface area (Å²) in [5.74, 6) is 0.740. The molecule has 2 atom stereocenters. The lowest BCUT2D eigenvalue weighted by molar-refractivity contribution is -0.140. The molecule has 0 aliphatic carbocycles. The summed E-state index contributed by atoms with van der Waals surface area (Å²) in [5.41, 5.74) is 0.0126. The molecule has 0 aromatic carbocycles. The zero-order valence-corrected chi connectivity index (χ0v) is 13.4. The highest BCUT2D eigenvalue weighted by atomic mass is 16.3. The van der Waals surface area contributed by atoms with Crippen molar-refractivity contribution in [3.8, 4) is 0 Å². The molecule has 2 amide bonds. The smallest absolute Gasteiger partial charge is 0.233 e. The molecule has 2 rings (SSSR count). The fourth-order valence-corrected chi connectivity index (χ4v) is 2.29. The average molecular weight is 292 g/mol. The third-order valence-corrected chi connectivity index (χ3v) is 3.89. The van der Waals surface area contributed by atoms with Gasteiger partial charge in [-0.1, -0.05) is 13.8 Å². The van der Waals surface area contributed by atoms with Crippen molar-refractivity contribution in [2.24, 2.45) is 11.8 Å². The summed E-state index contributed by atoms with van der Waals surface area (Å²) in [7, 11) is 0. The topological polar surface area (TPSA) is 62.6 Å². The molecule has 1 aliphatic heterocycles. The van der Waals surface area contributed by atoms with E-state index in [1.807, 2.05) is 12.1 Å². The lowest BCUT2D eigenvalue weighted by Gasteiger charge is -2.19. The maximum absolute atomic E-state index is 12.0. The number of hydrogen-bond donors (Lipinski definition) is 1. The molecule has 1 fully saturated rings. The van der Waals surface area contributed by atoms with Gasteiger partial charge in [0.05, 0.1) is 13.1 Å². The maximum atomic E-state index is 12.0. The van der Waals surface area contributed by atoms with E-state index in [-0.39, 0.29) is 35.7 Å². The number of furan rings is 1. The number of carbonyl (C=O) groups is 2. The fourth-order valence-electron chi connectivity index (χ4n) is 2.29. The van der Waals surface area contributed by atoms with Gasteiger partial charge in [0, 0.05) is 17.4 Å². The van der Waals surface area contributed by atoms with Crippen molar-refractivity contribution in [3.63, 3.8) is 0 Å². The van der Waals surface area contributed by atoms with Gasteiger partial charge in [-0.25, -0.2) is 0 Å². The minimum atomic E-state index is -0.241. The zero-order valence-electron chi connectivity index (χ0n) is 13.4. The fraction of sp³-hybridized carbons (Fsp3) is 0.625. The predicted octanol–water partition coefficient (Wildman–Crippen LogP) is 2.31. The van der Waals surface area contributed by atoms with Crippen LogP contribution in [0.3, 0.4) is 0 Å². The van der Waals surface area contributed by atoms with E-state index in [2.05, 4.69) is 26.1 Å². The SMILES string of the molecule is CC1C(=O)N(Cc2ccc(CNC(C)(C)C)o2)C(=O)C1C. The van der Waals surface area contributed by atoms with Crippen molar-refractivity contribution >= 4 is 11.8 Å². The lowest BCUT2D eigenvalue weighted by atomic mass is 10.00. The van der Waals surface area contributed by atoms with E-state index in [0.29, 0.717) is 12.3 Å². The summed E-state index contributed by atoms with van der Waals surface area (Å²) >= 11 is 0. The van der Waals surface area contributed by atoms with Crippen LogP contribution in [0.1, 0.15) is 46.1 Å². The number of nitrogens with zero attached hydrogens (tertiary/aromatic N) is 1. The molecule has 1 aliphatic rings. The number of imide groups is 1. The molecule has 5 heteroatoms. The lowest BCUT2D eigenvalue weighted by Crippen LogP contribution is -2.34. The molecule has 0 bridgehead atoms. The number of carbonyl (C=O) groups excluding carboxylic acids is 2. The molecular weight excluding hydrogens is 268 g/mol. The summed E-state index contributed by atoms with van der Waals surface area (Å²) in [6, 6.07) is 3.71. The van der Waals surface area contributed by atoms with E-state index in [1.165, 1.54) is 4.90 Å². The van der Waals surface area contributed by atoms with Crippen LogP contribution in [0.25, 0.3) is 0 Å². The van der Waals surface area contributed by atoms with E-state index in [9.17, 15) is 9.59 Å². The van der Waals surface area contributed by atoms with E-state index >= 15 is 0 Å². The minimum Gasteiger partial charge on any atom is -0.463 e. The van der Waals surface area contributed by atoms with Crippen molar-refractivity contribution in [2.75, 3.05) is 0 Å². The standard InChI is InChI=1S/C16H24N2O3/c1-10-11(2)15(20)18(14(10)19)9-13-7-6-12(21-13)8-17-16(3,4)5/h6-7,10-11,17H,8-9H2,1-5H3. The zero-order chi connectivity index (χ0) is 15.8. The average Bonchev–Trinajstić information content (AvgIpc) is 2.92. The molecule has 1 aromatic rings. The summed E-state index contributed by atoms with van der Waals surface area (Å²) in [5, 5.41) is 3.34. The van der Waals surface area contributed by atoms with Crippen LogP contribution in [0.5, 0.6) is 0 Å². The van der Waals surface area contributed by atoms with Gasteiger partial charge in [-0.3, -0.25) is 14.5 Å². The van der Waals surface area contributed by atoms with Crippen LogP contribution in [-0.2, 0) is 22.7 Å². The quantitative estimate of drug-likeness (QED) is 0.865. The molecule has 0 spiro atoms. The molecule has 1 saturated heterocycles. The van der Waals surface area contributed by atoms with Gasteiger partial charge >= 0.3 is 0 Å². The van der Waals surface area contributed by atoms with Gasteiger partial charge < -0.3 is 9.73 Å². The molecule has 1 N–H and O–H groups in total. The van der Waals surface area contributed by atoms with Crippen molar-refractivity contribution in [2.45, 2.75) is 53.2 Å². The predicted molar refractivity (Wildman–Crippen MR) is 79.2 cm³/mol. The highest BCUT2D eigenvalue weighted by molar-refractivity contribution is 6.04. The first kappa shape index (κ1) is 15.8. The Kier molecular flexibility index (Phi) is 4.23. The molecule has 2 unspecified atom stereocenters. The van der Waals surface area contributed by atoms with E-state index < -0.39 is 0 Å². The van der Waals surface area contributed by atoms with Crippen molar-refractivity contribution in [1.29, 1.82) is 0 Å². The van der Waals surface area contributed by atoms with Gasteiger partial charge in [0.1, 0.15) is 11.5 Å². The minimum absolute atomic E-state index is 0.0126. The van der Waals surface area contributed by atoms with E-state index in [4.69, 9.17) is 4.42 Å². The second kappa shape index (κ2) is 5.64. The summed E-state index contributed by atoms with van der Waals surface area (Å²) < 4.78 is 5.70. The van der Waals surface area contributed by atoms with Crippen LogP contribution in [-0.4, -0.2) is 22.3 Å². The van der Waals surface area contributed by atoms with Gasteiger partial charge in [-0.05, 0) is 32.9 Å². The Hall–Kier alpha value is -1.62. The Morgan fingerprint density at radius 3 is 2.14 bits per heavy atom. The monoisotopic (exact) mass is 292 g/mol. The molecule has 0 radical (unpaired) electrons. The van der Waals surface area contributed by atoms with Gasteiger partial charge in [-0.2, -0.15) is 0 Å². The first-order chi connectivity index (χ1) is 9.69. The van der Waals surface area contributed by atoms with Crippen LogP contribution in [0, 0.1) is 11.8 Å². The summed E-state index contributed by atoms with van der Waals surface area (Å²) in [6.07, 6.45) is 0. The third kappa shape index (κ3) is 3.53. The largest absolute Gasteiger partial charge is 0.463 e. The van der Waals surface area contributed by atoms with Crippen LogP contribution in [0.15, 0.2) is 16.5 Å². The third-order valence-electron chi connectivity index (χ3n) is 3.89. The first-order valence-electron chi connectivity index (χ1n) is 7.37. The Morgan fingerprint density at radius 2 is 1.62 bits per heavy atom. The van der Waals surface area contributed by atoms with Gasteiger partial charge in [0.25, 0.3) is 0 Å². The van der Waals surface area contributed by atoms with Crippen LogP contribution >= 0.6 is 0 Å². The first-order valence-corrected chi connectivity index (χ1v) is 7.37. The molecule has 2 heterocycles. The molecule has 5 nitrogen and oxygen atoms in total. The van der Waals surface area contributed by atoms with E-state index in [1.54, 1.807) is 13.8 Å². The Bertz CT molecular complexity index is 522. The second-order valence-electron chi connectivity index (χ2n) is 6.81. The van der Waals surface area contributed by atoms with Crippen LogP contribution < -0.4 is 5.32 Å². The van der Waals surface area contributed by atoms with Crippen LogP contribution in [0.2, 0.25) is 0 Å². The highest BCUT2D eigenvalue weighted by Gasteiger charge is 2.42. The highest BCUT2D eigenvalue weighted by Crippen LogP contribution is 2.27. The molecule has 0 saturated carbocycles. The van der Waals surface area contributed by atoms with Crippen molar-refractivity contribution < 1.29 is 14.0 Å². The molecule has 21 heavy (non-hydrogen) atoms. The summed E-state index contributed by atoms with van der Waals surface area (Å²) in [6.45, 7) is 10.7. The number of nitrogens with one attached hydrogen (secondary N) is 1.